The molecule has 0 fully saturated rings. The largest absolute Gasteiger partial charge is 0.485 e. The summed E-state index contributed by atoms with van der Waals surface area (Å²) in [5, 5.41) is 5.28. The summed E-state index contributed by atoms with van der Waals surface area (Å²) in [4.78, 5) is 42.0. The number of esters is 1. The van der Waals surface area contributed by atoms with Crippen molar-refractivity contribution >= 4 is 23.7 Å². The van der Waals surface area contributed by atoms with Crippen LogP contribution >= 0.6 is 0 Å². The summed E-state index contributed by atoms with van der Waals surface area (Å²) < 4.78 is 22.9. The predicted molar refractivity (Wildman–Crippen MR) is 166 cm³/mol. The van der Waals surface area contributed by atoms with Crippen LogP contribution in [0.4, 0.5) is 10.5 Å². The van der Waals surface area contributed by atoms with E-state index < -0.39 is 29.3 Å². The number of hydrogen-bond acceptors (Lipinski definition) is 8. The number of aryl methyl sites for hydroxylation is 1. The van der Waals surface area contributed by atoms with E-state index in [0.717, 1.165) is 29.7 Å². The van der Waals surface area contributed by atoms with Crippen LogP contribution in [0.25, 0.3) is 0 Å². The predicted octanol–water partition coefficient (Wildman–Crippen LogP) is 6.89. The van der Waals surface area contributed by atoms with Gasteiger partial charge in [0.05, 0.1) is 11.9 Å². The van der Waals surface area contributed by atoms with Crippen molar-refractivity contribution in [1.82, 2.24) is 10.3 Å². The number of aromatic nitrogens is 1. The Hall–Kier alpha value is -4.60. The van der Waals surface area contributed by atoms with Crippen LogP contribution in [0.1, 0.15) is 78.0 Å². The zero-order valence-electron chi connectivity index (χ0n) is 26.1. The molecule has 0 saturated carbocycles. The van der Waals surface area contributed by atoms with E-state index in [-0.39, 0.29) is 24.9 Å². The van der Waals surface area contributed by atoms with Crippen molar-refractivity contribution in [3.8, 4) is 17.4 Å². The van der Waals surface area contributed by atoms with Gasteiger partial charge in [-0.05, 0) is 96.2 Å². The van der Waals surface area contributed by atoms with Crippen LogP contribution in [0, 0.1) is 0 Å². The number of pyridine rings is 1. The zero-order valence-corrected chi connectivity index (χ0v) is 26.1. The molecule has 234 valence electrons. The molecule has 0 spiro atoms. The first-order valence-corrected chi connectivity index (χ1v) is 14.7. The summed E-state index contributed by atoms with van der Waals surface area (Å²) in [7, 11) is 0. The summed E-state index contributed by atoms with van der Waals surface area (Å²) in [6.45, 7) is 10.3. The highest BCUT2D eigenvalue weighted by atomic mass is 16.6. The van der Waals surface area contributed by atoms with Gasteiger partial charge in [-0.1, -0.05) is 30.3 Å². The van der Waals surface area contributed by atoms with Gasteiger partial charge in [0.2, 0.25) is 11.8 Å². The van der Waals surface area contributed by atoms with Crippen LogP contribution in [0.15, 0.2) is 66.9 Å². The van der Waals surface area contributed by atoms with Gasteiger partial charge in [-0.25, -0.2) is 14.6 Å². The van der Waals surface area contributed by atoms with E-state index in [1.165, 1.54) is 6.20 Å². The highest BCUT2D eigenvalue weighted by molar-refractivity contribution is 5.91. The first-order chi connectivity index (χ1) is 20.7. The molecule has 3 aromatic rings. The van der Waals surface area contributed by atoms with E-state index in [1.807, 2.05) is 36.4 Å². The Morgan fingerprint density at radius 1 is 0.955 bits per heavy atom. The highest BCUT2D eigenvalue weighted by Crippen LogP contribution is 2.37. The van der Waals surface area contributed by atoms with Gasteiger partial charge in [0.15, 0.2) is 0 Å². The topological polar surface area (TPSA) is 125 Å². The molecule has 2 amide bonds. The quantitative estimate of drug-likeness (QED) is 0.253. The summed E-state index contributed by atoms with van der Waals surface area (Å²) in [6.07, 6.45) is 2.46. The van der Waals surface area contributed by atoms with Crippen LogP contribution in [0.3, 0.4) is 0 Å². The van der Waals surface area contributed by atoms with E-state index in [9.17, 15) is 14.4 Å². The van der Waals surface area contributed by atoms with Crippen molar-refractivity contribution in [1.29, 1.82) is 0 Å². The molecule has 2 atom stereocenters. The fourth-order valence-electron chi connectivity index (χ4n) is 4.54. The monoisotopic (exact) mass is 603 g/mol. The normalized spacial score (nSPS) is 15.2. The molecule has 0 radical (unpaired) electrons. The molecule has 10 heteroatoms. The average Bonchev–Trinajstić information content (AvgIpc) is 2.94. The third-order valence-electron chi connectivity index (χ3n) is 6.43. The minimum absolute atomic E-state index is 0.0166. The van der Waals surface area contributed by atoms with Crippen molar-refractivity contribution in [2.45, 2.75) is 90.6 Å². The number of hydrogen-bond donors (Lipinski definition) is 2. The second kappa shape index (κ2) is 13.8. The lowest BCUT2D eigenvalue weighted by molar-refractivity contribution is -0.157. The van der Waals surface area contributed by atoms with Crippen molar-refractivity contribution in [2.24, 2.45) is 0 Å². The van der Waals surface area contributed by atoms with E-state index in [2.05, 4.69) is 27.8 Å². The summed E-state index contributed by atoms with van der Waals surface area (Å²) in [5.41, 5.74) is 1.19. The highest BCUT2D eigenvalue weighted by Gasteiger charge is 2.29. The fraction of sp³-hybridized carbons (Fsp3) is 0.412. The van der Waals surface area contributed by atoms with Gasteiger partial charge < -0.3 is 29.6 Å². The van der Waals surface area contributed by atoms with Crippen LogP contribution in [0.2, 0.25) is 0 Å². The molecular formula is C34H41N3O7. The van der Waals surface area contributed by atoms with Crippen LogP contribution in [-0.4, -0.2) is 40.2 Å². The van der Waals surface area contributed by atoms with Gasteiger partial charge in [-0.15, -0.1) is 0 Å². The van der Waals surface area contributed by atoms with E-state index in [4.69, 9.17) is 18.9 Å². The number of nitrogens with one attached hydrogen (secondary N) is 2. The Labute approximate surface area is 258 Å². The number of fused-ring (bicyclic) bond motifs is 1. The van der Waals surface area contributed by atoms with Crippen molar-refractivity contribution in [2.75, 3.05) is 5.32 Å². The maximum atomic E-state index is 12.7. The van der Waals surface area contributed by atoms with Crippen LogP contribution in [-0.2, 0) is 25.5 Å². The molecule has 2 aromatic carbocycles. The Morgan fingerprint density at radius 3 is 2.34 bits per heavy atom. The average molecular weight is 604 g/mol. The summed E-state index contributed by atoms with van der Waals surface area (Å²) in [5.74, 6) is 0.847. The standard InChI is InChI=1S/C34H41N3O7/c1-33(2,3)43-31(39)26(37-32(40)44-34(4,5)6)15-18-29(38)36-24-13-19-30(35-21-24)41-25-14-17-28-23(20-25)12-16-27(42-28)22-10-8-7-9-11-22/h7-11,13-14,17,19-21,26-27H,12,15-16,18H2,1-6H3,(H,36,38)(H,37,40). The summed E-state index contributed by atoms with van der Waals surface area (Å²) >= 11 is 0. The van der Waals surface area contributed by atoms with Gasteiger partial charge in [-0.3, -0.25) is 4.79 Å². The van der Waals surface area contributed by atoms with Crippen molar-refractivity contribution < 1.29 is 33.3 Å². The maximum absolute atomic E-state index is 12.7. The molecule has 2 heterocycles. The molecule has 0 bridgehead atoms. The molecule has 10 nitrogen and oxygen atoms in total. The maximum Gasteiger partial charge on any atom is 0.408 e. The number of rotatable bonds is 9. The lowest BCUT2D eigenvalue weighted by Crippen LogP contribution is -2.46. The van der Waals surface area contributed by atoms with Gasteiger partial charge in [0, 0.05) is 12.5 Å². The van der Waals surface area contributed by atoms with Crippen molar-refractivity contribution in [3.63, 3.8) is 0 Å². The first kappa shape index (κ1) is 32.3. The molecule has 4 rings (SSSR count). The third kappa shape index (κ3) is 10.00. The summed E-state index contributed by atoms with van der Waals surface area (Å²) in [6, 6.07) is 18.2. The zero-order chi connectivity index (χ0) is 31.9. The number of carbonyl (C=O) groups excluding carboxylic acids is 3. The van der Waals surface area contributed by atoms with Gasteiger partial charge >= 0.3 is 12.1 Å². The number of amides is 2. The van der Waals surface area contributed by atoms with E-state index in [1.54, 1.807) is 53.7 Å². The Kier molecular flexibility index (Phi) is 10.1. The van der Waals surface area contributed by atoms with E-state index >= 15 is 0 Å². The second-order valence-electron chi connectivity index (χ2n) is 12.6. The molecule has 1 aromatic heterocycles. The molecule has 1 aliphatic rings. The van der Waals surface area contributed by atoms with Crippen molar-refractivity contribution in [3.05, 3.63) is 78.0 Å². The molecule has 2 unspecified atom stereocenters. The lowest BCUT2D eigenvalue weighted by atomic mass is 9.97. The molecule has 44 heavy (non-hydrogen) atoms. The number of alkyl carbamates (subject to hydrolysis) is 1. The second-order valence-corrected chi connectivity index (χ2v) is 12.6. The molecular weight excluding hydrogens is 562 g/mol. The molecule has 0 aliphatic carbocycles. The number of benzene rings is 2. The third-order valence-corrected chi connectivity index (χ3v) is 6.43. The van der Waals surface area contributed by atoms with E-state index in [0.29, 0.717) is 17.3 Å². The number of nitrogens with zero attached hydrogens (tertiary/aromatic N) is 1. The van der Waals surface area contributed by atoms with Crippen LogP contribution < -0.4 is 20.1 Å². The number of anilines is 1. The minimum Gasteiger partial charge on any atom is -0.485 e. The first-order valence-electron chi connectivity index (χ1n) is 14.7. The SMILES string of the molecule is CC(C)(C)OC(=O)NC(CCC(=O)Nc1ccc(Oc2ccc3c(c2)CCC(c2ccccc2)O3)nc1)C(=O)OC(C)(C)C. The minimum atomic E-state index is -1.06. The Balaban J connectivity index is 1.30. The molecule has 0 saturated heterocycles. The lowest BCUT2D eigenvalue weighted by Gasteiger charge is -2.26. The van der Waals surface area contributed by atoms with Gasteiger partial charge in [0.25, 0.3) is 0 Å². The molecule has 2 N–H and O–H groups in total. The fourth-order valence-corrected chi connectivity index (χ4v) is 4.54. The smallest absolute Gasteiger partial charge is 0.408 e. The number of carbonyl (C=O) groups is 3. The van der Waals surface area contributed by atoms with Gasteiger partial charge in [-0.2, -0.15) is 0 Å². The Morgan fingerprint density at radius 2 is 1.68 bits per heavy atom. The van der Waals surface area contributed by atoms with Gasteiger partial charge in [0.1, 0.15) is 34.8 Å². The molecule has 1 aliphatic heterocycles. The number of ether oxygens (including phenoxy) is 4. The van der Waals surface area contributed by atoms with Crippen LogP contribution in [0.5, 0.6) is 17.4 Å². The Bertz CT molecular complexity index is 1440.